The second-order valence-electron chi connectivity index (χ2n) is 6.21. The zero-order chi connectivity index (χ0) is 18.3. The zero-order valence-electron chi connectivity index (χ0n) is 14.4. The molecule has 132 valence electrons. The number of thiophene rings is 1. The van der Waals surface area contributed by atoms with E-state index in [4.69, 9.17) is 4.42 Å². The van der Waals surface area contributed by atoms with Crippen molar-refractivity contribution in [3.05, 3.63) is 59.3 Å². The van der Waals surface area contributed by atoms with Gasteiger partial charge in [0.2, 0.25) is 5.89 Å². The first-order valence-corrected chi connectivity index (χ1v) is 9.12. The molecule has 1 saturated heterocycles. The van der Waals surface area contributed by atoms with Crippen LogP contribution in [0, 0.1) is 6.92 Å². The van der Waals surface area contributed by atoms with Crippen LogP contribution < -0.4 is 4.90 Å². The molecule has 1 atom stereocenters. The molecule has 1 fully saturated rings. The van der Waals surface area contributed by atoms with Gasteiger partial charge in [-0.25, -0.2) is 9.78 Å². The maximum absolute atomic E-state index is 12.8. The first-order chi connectivity index (χ1) is 12.5. The molecule has 26 heavy (non-hydrogen) atoms. The molecule has 6 nitrogen and oxygen atoms in total. The maximum atomic E-state index is 12.8. The van der Waals surface area contributed by atoms with Gasteiger partial charge in [-0.3, -0.25) is 14.6 Å². The Hall–Kier alpha value is -2.93. The number of aryl methyl sites for hydroxylation is 1. The number of benzene rings is 1. The van der Waals surface area contributed by atoms with Gasteiger partial charge in [-0.05, 0) is 37.4 Å². The number of aromatic nitrogens is 1. The fourth-order valence-electron chi connectivity index (χ4n) is 2.97. The fraction of sp³-hybridized carbons (Fsp3) is 0.211. The number of anilines is 1. The van der Waals surface area contributed by atoms with Crippen LogP contribution in [-0.2, 0) is 11.3 Å². The molecule has 1 aliphatic rings. The van der Waals surface area contributed by atoms with Gasteiger partial charge in [0.25, 0.3) is 5.91 Å². The van der Waals surface area contributed by atoms with E-state index in [1.54, 1.807) is 6.92 Å². The summed E-state index contributed by atoms with van der Waals surface area (Å²) in [6.07, 6.45) is 1.49. The van der Waals surface area contributed by atoms with Crippen molar-refractivity contribution in [3.63, 3.8) is 0 Å². The average molecular weight is 367 g/mol. The van der Waals surface area contributed by atoms with E-state index in [0.29, 0.717) is 17.3 Å². The lowest BCUT2D eigenvalue weighted by molar-refractivity contribution is -0.127. The molecule has 7 heteroatoms. The SMILES string of the molecule is Cc1ccc(N2C(=O)N(Cc3coc(-c4cccs4)n3)C(=O)[C@H]2C)cc1. The van der Waals surface area contributed by atoms with Crippen LogP contribution in [0.5, 0.6) is 0 Å². The largest absolute Gasteiger partial charge is 0.443 e. The third kappa shape index (κ3) is 2.80. The van der Waals surface area contributed by atoms with Gasteiger partial charge in [-0.15, -0.1) is 11.3 Å². The smallest absolute Gasteiger partial charge is 0.332 e. The van der Waals surface area contributed by atoms with E-state index in [9.17, 15) is 9.59 Å². The lowest BCUT2D eigenvalue weighted by atomic mass is 10.2. The Morgan fingerprint density at radius 2 is 1.96 bits per heavy atom. The Balaban J connectivity index is 1.56. The Labute approximate surface area is 154 Å². The molecule has 3 aromatic rings. The zero-order valence-corrected chi connectivity index (χ0v) is 15.2. The van der Waals surface area contributed by atoms with Crippen molar-refractivity contribution in [2.45, 2.75) is 26.4 Å². The van der Waals surface area contributed by atoms with Gasteiger partial charge in [0.15, 0.2) is 0 Å². The van der Waals surface area contributed by atoms with Crippen LogP contribution in [0.4, 0.5) is 10.5 Å². The third-order valence-electron chi connectivity index (χ3n) is 4.36. The summed E-state index contributed by atoms with van der Waals surface area (Å²) in [7, 11) is 0. The molecule has 2 aromatic heterocycles. The Morgan fingerprint density at radius 1 is 1.19 bits per heavy atom. The minimum atomic E-state index is -0.547. The molecular weight excluding hydrogens is 350 g/mol. The van der Waals surface area contributed by atoms with Gasteiger partial charge in [0, 0.05) is 5.69 Å². The van der Waals surface area contributed by atoms with E-state index in [0.717, 1.165) is 10.4 Å². The average Bonchev–Trinajstić information content (AvgIpc) is 3.35. The molecule has 3 heterocycles. The summed E-state index contributed by atoms with van der Waals surface area (Å²) >= 11 is 1.52. The van der Waals surface area contributed by atoms with E-state index in [-0.39, 0.29) is 18.5 Å². The first kappa shape index (κ1) is 16.5. The van der Waals surface area contributed by atoms with Crippen LogP contribution in [0.3, 0.4) is 0 Å². The van der Waals surface area contributed by atoms with Gasteiger partial charge in [0.1, 0.15) is 12.3 Å². The van der Waals surface area contributed by atoms with Gasteiger partial charge < -0.3 is 4.42 Å². The van der Waals surface area contributed by atoms with Crippen molar-refractivity contribution in [1.29, 1.82) is 0 Å². The number of urea groups is 1. The predicted octanol–water partition coefficient (Wildman–Crippen LogP) is 4.07. The second kappa shape index (κ2) is 6.42. The number of nitrogens with zero attached hydrogens (tertiary/aromatic N) is 3. The van der Waals surface area contributed by atoms with Crippen LogP contribution in [0.2, 0.25) is 0 Å². The highest BCUT2D eigenvalue weighted by Crippen LogP contribution is 2.28. The van der Waals surface area contributed by atoms with Crippen LogP contribution >= 0.6 is 11.3 Å². The number of amides is 3. The highest BCUT2D eigenvalue weighted by Gasteiger charge is 2.43. The monoisotopic (exact) mass is 367 g/mol. The molecular formula is C19H17N3O3S. The number of carbonyl (C=O) groups excluding carboxylic acids is 2. The number of imide groups is 1. The van der Waals surface area contributed by atoms with E-state index in [1.807, 2.05) is 48.7 Å². The number of oxazole rings is 1. The molecule has 0 aliphatic carbocycles. The molecule has 0 saturated carbocycles. The summed E-state index contributed by atoms with van der Waals surface area (Å²) in [6.45, 7) is 3.81. The van der Waals surface area contributed by atoms with E-state index < -0.39 is 6.04 Å². The van der Waals surface area contributed by atoms with E-state index >= 15 is 0 Å². The Bertz CT molecular complexity index is 947. The summed E-state index contributed by atoms with van der Waals surface area (Å²) in [5, 5.41) is 1.94. The quantitative estimate of drug-likeness (QED) is 0.652. The molecule has 0 N–H and O–H groups in total. The lowest BCUT2D eigenvalue weighted by Gasteiger charge is -2.19. The van der Waals surface area contributed by atoms with Gasteiger partial charge in [-0.1, -0.05) is 23.8 Å². The molecule has 3 amide bonds. The van der Waals surface area contributed by atoms with Gasteiger partial charge in [-0.2, -0.15) is 0 Å². The summed E-state index contributed by atoms with van der Waals surface area (Å²) in [4.78, 5) is 33.5. The number of hydrogen-bond donors (Lipinski definition) is 0. The lowest BCUT2D eigenvalue weighted by Crippen LogP contribution is -2.33. The van der Waals surface area contributed by atoms with Crippen LogP contribution in [-0.4, -0.2) is 27.9 Å². The van der Waals surface area contributed by atoms with E-state index in [2.05, 4.69) is 4.98 Å². The van der Waals surface area contributed by atoms with Crippen molar-refractivity contribution in [2.24, 2.45) is 0 Å². The van der Waals surface area contributed by atoms with Gasteiger partial charge in [0.05, 0.1) is 17.1 Å². The minimum absolute atomic E-state index is 0.0965. The van der Waals surface area contributed by atoms with Crippen molar-refractivity contribution in [2.75, 3.05) is 4.90 Å². The summed E-state index contributed by atoms with van der Waals surface area (Å²) in [5.74, 6) is 0.258. The van der Waals surface area contributed by atoms with Gasteiger partial charge >= 0.3 is 6.03 Å². The van der Waals surface area contributed by atoms with Crippen molar-refractivity contribution in [1.82, 2.24) is 9.88 Å². The molecule has 1 aliphatic heterocycles. The van der Waals surface area contributed by atoms with Crippen molar-refractivity contribution >= 4 is 29.0 Å². The molecule has 0 bridgehead atoms. The Kier molecular flexibility index (Phi) is 4.08. The fourth-order valence-corrected chi connectivity index (χ4v) is 3.62. The van der Waals surface area contributed by atoms with Crippen LogP contribution in [0.15, 0.2) is 52.5 Å². The predicted molar refractivity (Wildman–Crippen MR) is 98.9 cm³/mol. The summed E-state index contributed by atoms with van der Waals surface area (Å²) in [6, 6.07) is 10.5. The summed E-state index contributed by atoms with van der Waals surface area (Å²) < 4.78 is 5.48. The van der Waals surface area contributed by atoms with Crippen molar-refractivity contribution in [3.8, 4) is 10.8 Å². The summed E-state index contributed by atoms with van der Waals surface area (Å²) in [5.41, 5.74) is 2.36. The molecule has 1 aromatic carbocycles. The minimum Gasteiger partial charge on any atom is -0.443 e. The number of carbonyl (C=O) groups is 2. The van der Waals surface area contributed by atoms with Crippen LogP contribution in [0.1, 0.15) is 18.2 Å². The van der Waals surface area contributed by atoms with Crippen LogP contribution in [0.25, 0.3) is 10.8 Å². The molecule has 0 unspecified atom stereocenters. The standard InChI is InChI=1S/C19H17N3O3S/c1-12-5-7-15(8-6-12)22-13(2)18(23)21(19(22)24)10-14-11-25-17(20-14)16-4-3-9-26-16/h3-9,11,13H,10H2,1-2H3/t13-/m1/s1. The third-order valence-corrected chi connectivity index (χ3v) is 5.22. The number of hydrogen-bond acceptors (Lipinski definition) is 5. The highest BCUT2D eigenvalue weighted by atomic mass is 32.1. The highest BCUT2D eigenvalue weighted by molar-refractivity contribution is 7.13. The first-order valence-electron chi connectivity index (χ1n) is 8.24. The molecule has 0 spiro atoms. The molecule has 4 rings (SSSR count). The second-order valence-corrected chi connectivity index (χ2v) is 7.16. The number of rotatable bonds is 4. The molecule has 0 radical (unpaired) electrons. The topological polar surface area (TPSA) is 66.7 Å². The van der Waals surface area contributed by atoms with E-state index in [1.165, 1.54) is 27.4 Å². The Morgan fingerprint density at radius 3 is 2.65 bits per heavy atom. The van der Waals surface area contributed by atoms with Crippen molar-refractivity contribution < 1.29 is 14.0 Å². The normalized spacial score (nSPS) is 17.4. The maximum Gasteiger partial charge on any atom is 0.332 e.